The second kappa shape index (κ2) is 6.01. The molecule has 1 aromatic rings. The van der Waals surface area contributed by atoms with Gasteiger partial charge in [-0.3, -0.25) is 20.2 Å². The Morgan fingerprint density at radius 1 is 1.06 bits per heavy atom. The number of carbonyl (C=O) groups is 1. The van der Waals surface area contributed by atoms with Crippen molar-refractivity contribution in [1.29, 1.82) is 0 Å². The van der Waals surface area contributed by atoms with E-state index in [-0.39, 0.29) is 51.4 Å². The van der Waals surface area contributed by atoms with E-state index < -0.39 is 32.8 Å². The van der Waals surface area contributed by atoms with Crippen LogP contribution in [0.3, 0.4) is 0 Å². The molecule has 0 aliphatic carbocycles. The molecule has 8 nitrogen and oxygen atoms in total. The first-order valence-corrected chi connectivity index (χ1v) is 3.59. The van der Waals surface area contributed by atoms with Crippen LogP contribution in [0.25, 0.3) is 0 Å². The van der Waals surface area contributed by atoms with Crippen molar-refractivity contribution in [1.82, 2.24) is 0 Å². The van der Waals surface area contributed by atoms with Gasteiger partial charge in [0, 0.05) is 12.1 Å². The van der Waals surface area contributed by atoms with E-state index in [0.29, 0.717) is 6.07 Å². The number of nitro benzene ring substituents is 2. The summed E-state index contributed by atoms with van der Waals surface area (Å²) in [6.45, 7) is 0. The third-order valence-electron chi connectivity index (χ3n) is 1.57. The topological polar surface area (TPSA) is 124 Å². The van der Waals surface area contributed by atoms with Crippen LogP contribution in [0, 0.1) is 20.2 Å². The molecule has 0 fully saturated rings. The molecule has 0 amide bonds. The van der Waals surface area contributed by atoms with E-state index in [0.717, 1.165) is 12.1 Å². The number of nitro groups is 2. The monoisotopic (exact) mass is 252 g/mol. The normalized spacial score (nSPS) is 9.00. The molecular weight excluding hydrogens is 247 g/mol. The van der Waals surface area contributed by atoms with Gasteiger partial charge < -0.3 is 5.11 Å². The van der Waals surface area contributed by atoms with E-state index >= 15 is 0 Å². The van der Waals surface area contributed by atoms with Crippen LogP contribution >= 0.6 is 0 Å². The molecule has 9 heteroatoms. The van der Waals surface area contributed by atoms with Crippen LogP contribution in [0.2, 0.25) is 0 Å². The van der Waals surface area contributed by atoms with Crippen LogP contribution in [-0.4, -0.2) is 72.3 Å². The van der Waals surface area contributed by atoms with Gasteiger partial charge in [-0.1, -0.05) is 0 Å². The molecule has 0 aliphatic heterocycles. The molecule has 1 rings (SSSR count). The van der Waals surface area contributed by atoms with E-state index in [1.807, 2.05) is 0 Å². The second-order valence-electron chi connectivity index (χ2n) is 2.56. The Labute approximate surface area is 131 Å². The molecule has 0 aromatic heterocycles. The summed E-state index contributed by atoms with van der Waals surface area (Å²) < 4.78 is 0. The average molecular weight is 252 g/mol. The molecule has 16 heavy (non-hydrogen) atoms. The van der Waals surface area contributed by atoms with Gasteiger partial charge in [0.15, 0.2) is 0 Å². The first-order valence-electron chi connectivity index (χ1n) is 3.59. The quantitative estimate of drug-likeness (QED) is 0.476. The summed E-state index contributed by atoms with van der Waals surface area (Å²) in [5, 5.41) is 29.2. The molecule has 0 heterocycles. The summed E-state index contributed by atoms with van der Waals surface area (Å²) in [5.41, 5.74) is -1.74. The van der Waals surface area contributed by atoms with Gasteiger partial charge in [-0.25, -0.2) is 4.79 Å². The van der Waals surface area contributed by atoms with Gasteiger partial charge >= 0.3 is 57.4 Å². The van der Waals surface area contributed by atoms with Crippen LogP contribution in [0.5, 0.6) is 0 Å². The van der Waals surface area contributed by atoms with Crippen molar-refractivity contribution in [3.8, 4) is 0 Å². The molecule has 0 spiro atoms. The summed E-state index contributed by atoms with van der Waals surface area (Å²) in [4.78, 5) is 29.4. The Bertz CT molecular complexity index is 381. The van der Waals surface area contributed by atoms with Gasteiger partial charge in [0.2, 0.25) is 0 Å². The molecule has 0 unspecified atom stereocenters. The van der Waals surface area contributed by atoms with Crippen molar-refractivity contribution < 1.29 is 19.7 Å². The van der Waals surface area contributed by atoms with Crippen molar-refractivity contribution in [2.75, 3.05) is 0 Å². The minimum absolute atomic E-state index is 0. The van der Waals surface area contributed by atoms with Crippen molar-refractivity contribution in [2.45, 2.75) is 0 Å². The SMILES string of the molecule is O=C(O)c1cc([N+](=O)[O-])cc([N+](=O)[O-])c1.[KH]. The van der Waals surface area contributed by atoms with E-state index in [1.54, 1.807) is 0 Å². The molecular formula is C7H5KN2O6. The summed E-state index contributed by atoms with van der Waals surface area (Å²) in [6, 6.07) is 2.22. The minimum atomic E-state index is -1.46. The van der Waals surface area contributed by atoms with Gasteiger partial charge in [0.1, 0.15) is 0 Å². The Hall–Kier alpha value is -0.874. The van der Waals surface area contributed by atoms with E-state index in [4.69, 9.17) is 5.11 Å². The van der Waals surface area contributed by atoms with Crippen molar-refractivity contribution >= 4 is 68.7 Å². The maximum absolute atomic E-state index is 10.5. The van der Waals surface area contributed by atoms with Crippen LogP contribution in [0.4, 0.5) is 11.4 Å². The molecule has 1 N–H and O–H groups in total. The average Bonchev–Trinajstić information content (AvgIpc) is 2.16. The third kappa shape index (κ3) is 3.61. The van der Waals surface area contributed by atoms with Crippen molar-refractivity contribution in [3.63, 3.8) is 0 Å². The number of rotatable bonds is 3. The maximum atomic E-state index is 10.5. The van der Waals surface area contributed by atoms with E-state index in [9.17, 15) is 25.0 Å². The predicted octanol–water partition coefficient (Wildman–Crippen LogP) is 0.553. The Kier molecular flexibility index (Phi) is 5.68. The second-order valence-corrected chi connectivity index (χ2v) is 2.56. The molecule has 80 valence electrons. The fourth-order valence-corrected chi connectivity index (χ4v) is 0.929. The van der Waals surface area contributed by atoms with Crippen LogP contribution in [0.15, 0.2) is 18.2 Å². The van der Waals surface area contributed by atoms with Gasteiger partial charge in [-0.05, 0) is 0 Å². The fraction of sp³-hybridized carbons (Fsp3) is 0. The zero-order valence-electron chi connectivity index (χ0n) is 7.11. The Morgan fingerprint density at radius 3 is 1.69 bits per heavy atom. The number of nitrogens with zero attached hydrogens (tertiary/aromatic N) is 2. The molecule has 0 saturated heterocycles. The first-order chi connectivity index (χ1) is 6.91. The molecule has 0 radical (unpaired) electrons. The van der Waals surface area contributed by atoms with Gasteiger partial charge in [0.25, 0.3) is 11.4 Å². The summed E-state index contributed by atoms with van der Waals surface area (Å²) in [7, 11) is 0. The van der Waals surface area contributed by atoms with E-state index in [2.05, 4.69) is 0 Å². The zero-order chi connectivity index (χ0) is 11.6. The van der Waals surface area contributed by atoms with Crippen LogP contribution in [0.1, 0.15) is 10.4 Å². The number of carboxylic acid groups (broad SMARTS) is 1. The van der Waals surface area contributed by atoms with Crippen LogP contribution in [-0.2, 0) is 0 Å². The number of benzene rings is 1. The first kappa shape index (κ1) is 15.1. The zero-order valence-corrected chi connectivity index (χ0v) is 7.11. The standard InChI is InChI=1S/C7H4N2O6.K.H/c10-7(11)4-1-5(8(12)13)3-6(2-4)9(14)15;;/h1-3H,(H,10,11);;. The van der Waals surface area contributed by atoms with Crippen LogP contribution < -0.4 is 0 Å². The summed E-state index contributed by atoms with van der Waals surface area (Å²) in [5.74, 6) is -1.46. The summed E-state index contributed by atoms with van der Waals surface area (Å²) in [6.07, 6.45) is 0. The van der Waals surface area contributed by atoms with Crippen molar-refractivity contribution in [3.05, 3.63) is 44.0 Å². The third-order valence-corrected chi connectivity index (χ3v) is 1.57. The van der Waals surface area contributed by atoms with Gasteiger partial charge in [-0.2, -0.15) is 0 Å². The van der Waals surface area contributed by atoms with E-state index in [1.165, 1.54) is 0 Å². The number of carboxylic acids is 1. The Morgan fingerprint density at radius 2 is 1.44 bits per heavy atom. The number of hydrogen-bond acceptors (Lipinski definition) is 5. The van der Waals surface area contributed by atoms with Gasteiger partial charge in [0.05, 0.1) is 21.5 Å². The molecule has 0 saturated carbocycles. The molecule has 1 aromatic carbocycles. The number of non-ortho nitro benzene ring substituents is 2. The van der Waals surface area contributed by atoms with Crippen molar-refractivity contribution in [2.24, 2.45) is 0 Å². The molecule has 0 aliphatic rings. The molecule has 0 atom stereocenters. The summed E-state index contributed by atoms with van der Waals surface area (Å²) >= 11 is 0. The fourth-order valence-electron chi connectivity index (χ4n) is 0.929. The van der Waals surface area contributed by atoms with Gasteiger partial charge in [-0.15, -0.1) is 0 Å². The molecule has 0 bridgehead atoms. The predicted molar refractivity (Wildman–Crippen MR) is 53.9 cm³/mol. The number of aromatic carboxylic acids is 1. The number of hydrogen-bond donors (Lipinski definition) is 1. The Balaban J connectivity index is 0.00000225.